The fraction of sp³-hybridized carbons (Fsp3) is 0.583. The predicted octanol–water partition coefficient (Wildman–Crippen LogP) is 0.899. The molecule has 2 heterocycles. The lowest BCUT2D eigenvalue weighted by Gasteiger charge is -2.34. The molecule has 1 unspecified atom stereocenters. The minimum atomic E-state index is -0.266. The number of esters is 1. The third kappa shape index (κ3) is 2.52. The standard InChI is InChI=1S/C12H18N4O2/c1-8-7-10(15-12(13)14-8)16-6-4-3-5-9(16)11(17)18-2/h7,9H,3-6H2,1-2H3,(H2,13,14,15). The number of nitrogens with zero attached hydrogens (tertiary/aromatic N) is 3. The molecule has 6 nitrogen and oxygen atoms in total. The number of nitrogens with two attached hydrogens (primary N) is 1. The van der Waals surface area contributed by atoms with Crippen molar-refractivity contribution in [1.82, 2.24) is 9.97 Å². The second-order valence-electron chi connectivity index (χ2n) is 4.45. The summed E-state index contributed by atoms with van der Waals surface area (Å²) in [4.78, 5) is 22.0. The zero-order valence-electron chi connectivity index (χ0n) is 10.7. The second-order valence-corrected chi connectivity index (χ2v) is 4.45. The smallest absolute Gasteiger partial charge is 0.328 e. The van der Waals surface area contributed by atoms with Gasteiger partial charge in [0.05, 0.1) is 7.11 Å². The van der Waals surface area contributed by atoms with Gasteiger partial charge in [0.15, 0.2) is 0 Å². The van der Waals surface area contributed by atoms with Gasteiger partial charge in [-0.3, -0.25) is 0 Å². The van der Waals surface area contributed by atoms with Crippen molar-refractivity contribution in [3.63, 3.8) is 0 Å². The van der Waals surface area contributed by atoms with Crippen molar-refractivity contribution in [3.05, 3.63) is 11.8 Å². The normalized spacial score (nSPS) is 19.7. The number of aromatic nitrogens is 2. The number of anilines is 2. The number of carbonyl (C=O) groups excluding carboxylic acids is 1. The molecule has 0 saturated carbocycles. The van der Waals surface area contributed by atoms with Gasteiger partial charge in [0.1, 0.15) is 11.9 Å². The van der Waals surface area contributed by atoms with E-state index in [1.54, 1.807) is 0 Å². The van der Waals surface area contributed by atoms with Gasteiger partial charge < -0.3 is 15.4 Å². The Morgan fingerprint density at radius 2 is 2.28 bits per heavy atom. The van der Waals surface area contributed by atoms with Crippen molar-refractivity contribution in [2.45, 2.75) is 32.2 Å². The van der Waals surface area contributed by atoms with Crippen LogP contribution < -0.4 is 10.6 Å². The van der Waals surface area contributed by atoms with E-state index in [9.17, 15) is 4.79 Å². The molecule has 1 aromatic rings. The van der Waals surface area contributed by atoms with Crippen LogP contribution in [0.5, 0.6) is 0 Å². The summed E-state index contributed by atoms with van der Waals surface area (Å²) in [5.41, 5.74) is 6.45. The molecule has 1 aliphatic heterocycles. The maximum atomic E-state index is 11.8. The summed E-state index contributed by atoms with van der Waals surface area (Å²) in [5.74, 6) is 0.721. The largest absolute Gasteiger partial charge is 0.467 e. The summed E-state index contributed by atoms with van der Waals surface area (Å²) >= 11 is 0. The molecule has 0 bridgehead atoms. The van der Waals surface area contributed by atoms with E-state index in [2.05, 4.69) is 9.97 Å². The Kier molecular flexibility index (Phi) is 3.64. The van der Waals surface area contributed by atoms with Crippen molar-refractivity contribution in [3.8, 4) is 0 Å². The maximum Gasteiger partial charge on any atom is 0.328 e. The third-order valence-electron chi connectivity index (χ3n) is 3.13. The van der Waals surface area contributed by atoms with Crippen molar-refractivity contribution in [1.29, 1.82) is 0 Å². The molecule has 1 aromatic heterocycles. The van der Waals surface area contributed by atoms with Crippen LogP contribution in [0.3, 0.4) is 0 Å². The zero-order valence-corrected chi connectivity index (χ0v) is 10.7. The van der Waals surface area contributed by atoms with Crippen LogP contribution in [-0.4, -0.2) is 35.6 Å². The number of aryl methyl sites for hydroxylation is 1. The Labute approximate surface area is 106 Å². The first kappa shape index (κ1) is 12.6. The number of carbonyl (C=O) groups is 1. The summed E-state index contributed by atoms with van der Waals surface area (Å²) in [7, 11) is 1.41. The van der Waals surface area contributed by atoms with E-state index in [-0.39, 0.29) is 18.0 Å². The molecule has 0 spiro atoms. The highest BCUT2D eigenvalue weighted by Crippen LogP contribution is 2.24. The molecule has 2 rings (SSSR count). The van der Waals surface area contributed by atoms with Crippen molar-refractivity contribution in [2.24, 2.45) is 0 Å². The molecular formula is C12H18N4O2. The number of ether oxygens (including phenoxy) is 1. The maximum absolute atomic E-state index is 11.8. The zero-order chi connectivity index (χ0) is 13.1. The van der Waals surface area contributed by atoms with E-state index in [1.807, 2.05) is 17.9 Å². The molecule has 1 fully saturated rings. The van der Waals surface area contributed by atoms with Gasteiger partial charge in [0, 0.05) is 18.3 Å². The molecule has 0 aliphatic carbocycles. The Morgan fingerprint density at radius 1 is 1.50 bits per heavy atom. The van der Waals surface area contributed by atoms with Crippen LogP contribution in [0, 0.1) is 6.92 Å². The average Bonchev–Trinajstić information content (AvgIpc) is 2.36. The minimum absolute atomic E-state index is 0.218. The van der Waals surface area contributed by atoms with Crippen LogP contribution >= 0.6 is 0 Å². The quantitative estimate of drug-likeness (QED) is 0.785. The fourth-order valence-corrected chi connectivity index (χ4v) is 2.31. The van der Waals surface area contributed by atoms with Crippen LogP contribution in [0.2, 0.25) is 0 Å². The average molecular weight is 250 g/mol. The van der Waals surface area contributed by atoms with Crippen molar-refractivity contribution in [2.75, 3.05) is 24.3 Å². The van der Waals surface area contributed by atoms with Crippen molar-refractivity contribution >= 4 is 17.7 Å². The molecule has 18 heavy (non-hydrogen) atoms. The predicted molar refractivity (Wildman–Crippen MR) is 68.2 cm³/mol. The van der Waals surface area contributed by atoms with E-state index < -0.39 is 0 Å². The van der Waals surface area contributed by atoms with Gasteiger partial charge >= 0.3 is 5.97 Å². The molecule has 1 saturated heterocycles. The van der Waals surface area contributed by atoms with Gasteiger partial charge in [-0.1, -0.05) is 0 Å². The molecule has 2 N–H and O–H groups in total. The lowest BCUT2D eigenvalue weighted by Crippen LogP contribution is -2.45. The number of hydrogen-bond donors (Lipinski definition) is 1. The lowest BCUT2D eigenvalue weighted by atomic mass is 10.0. The highest BCUT2D eigenvalue weighted by Gasteiger charge is 2.30. The molecular weight excluding hydrogens is 232 g/mol. The van der Waals surface area contributed by atoms with E-state index in [4.69, 9.17) is 10.5 Å². The summed E-state index contributed by atoms with van der Waals surface area (Å²) in [6.45, 7) is 2.65. The highest BCUT2D eigenvalue weighted by atomic mass is 16.5. The van der Waals surface area contributed by atoms with Gasteiger partial charge in [-0.15, -0.1) is 0 Å². The van der Waals surface area contributed by atoms with Crippen LogP contribution in [0.4, 0.5) is 11.8 Å². The number of hydrogen-bond acceptors (Lipinski definition) is 6. The van der Waals surface area contributed by atoms with E-state index in [1.165, 1.54) is 7.11 Å². The number of rotatable bonds is 2. The Balaban J connectivity index is 2.30. The number of nitrogen functional groups attached to an aromatic ring is 1. The van der Waals surface area contributed by atoms with Gasteiger partial charge in [0.2, 0.25) is 5.95 Å². The molecule has 1 aliphatic rings. The molecule has 98 valence electrons. The van der Waals surface area contributed by atoms with E-state index in [0.717, 1.165) is 31.5 Å². The van der Waals surface area contributed by atoms with E-state index in [0.29, 0.717) is 5.82 Å². The van der Waals surface area contributed by atoms with Crippen molar-refractivity contribution < 1.29 is 9.53 Å². The fourth-order valence-electron chi connectivity index (χ4n) is 2.31. The van der Waals surface area contributed by atoms with Gasteiger partial charge in [-0.25, -0.2) is 9.78 Å². The Bertz CT molecular complexity index is 429. The minimum Gasteiger partial charge on any atom is -0.467 e. The SMILES string of the molecule is COC(=O)C1CCCCN1c1cc(C)nc(N)n1. The van der Waals surface area contributed by atoms with Crippen LogP contribution in [0.1, 0.15) is 25.0 Å². The lowest BCUT2D eigenvalue weighted by molar-refractivity contribution is -0.142. The number of piperidine rings is 1. The van der Waals surface area contributed by atoms with Crippen LogP contribution in [0.15, 0.2) is 6.07 Å². The molecule has 6 heteroatoms. The summed E-state index contributed by atoms with van der Waals surface area (Å²) in [5, 5.41) is 0. The van der Waals surface area contributed by atoms with Crippen LogP contribution in [-0.2, 0) is 9.53 Å². The number of methoxy groups -OCH3 is 1. The third-order valence-corrected chi connectivity index (χ3v) is 3.13. The Morgan fingerprint density at radius 3 is 2.94 bits per heavy atom. The highest BCUT2D eigenvalue weighted by molar-refractivity contribution is 5.79. The topological polar surface area (TPSA) is 81.3 Å². The van der Waals surface area contributed by atoms with Gasteiger partial charge in [0.25, 0.3) is 0 Å². The first-order valence-electron chi connectivity index (χ1n) is 6.07. The van der Waals surface area contributed by atoms with Gasteiger partial charge in [-0.05, 0) is 26.2 Å². The second kappa shape index (κ2) is 5.20. The Hall–Kier alpha value is -1.85. The summed E-state index contributed by atoms with van der Waals surface area (Å²) in [6.07, 6.45) is 2.85. The van der Waals surface area contributed by atoms with Crippen LogP contribution in [0.25, 0.3) is 0 Å². The first-order valence-corrected chi connectivity index (χ1v) is 6.07. The monoisotopic (exact) mass is 250 g/mol. The first-order chi connectivity index (χ1) is 8.61. The molecule has 0 aromatic carbocycles. The molecule has 0 amide bonds. The molecule has 0 radical (unpaired) electrons. The van der Waals surface area contributed by atoms with Gasteiger partial charge in [-0.2, -0.15) is 4.98 Å². The summed E-state index contributed by atoms with van der Waals surface area (Å²) in [6, 6.07) is 1.58. The molecule has 1 atom stereocenters. The van der Waals surface area contributed by atoms with E-state index >= 15 is 0 Å². The summed E-state index contributed by atoms with van der Waals surface area (Å²) < 4.78 is 4.85.